The number of carboxylic acids is 1. The van der Waals surface area contributed by atoms with E-state index in [1.54, 1.807) is 11.8 Å². The average Bonchev–Trinajstić information content (AvgIpc) is 2.77. The fourth-order valence-corrected chi connectivity index (χ4v) is 3.82. The first-order chi connectivity index (χ1) is 16.0. The molecule has 196 valence electrons. The third-order valence-corrected chi connectivity index (χ3v) is 5.79. The largest absolute Gasteiger partial charge is 0.478 e. The SMILES string of the molecule is C=C(C[N+](C)(C)CCCN(CCC)C(=O)C(C)=CNC(=O)CCCCCCCCCN)C(=O)O. The Morgan fingerprint density at radius 3 is 2.15 bits per heavy atom. The van der Waals surface area contributed by atoms with E-state index in [0.29, 0.717) is 36.1 Å². The first-order valence-electron chi connectivity index (χ1n) is 12.7. The Morgan fingerprint density at radius 1 is 1.00 bits per heavy atom. The summed E-state index contributed by atoms with van der Waals surface area (Å²) in [5.41, 5.74) is 6.18. The van der Waals surface area contributed by atoms with Crippen molar-refractivity contribution in [2.45, 2.75) is 78.1 Å². The van der Waals surface area contributed by atoms with Gasteiger partial charge in [-0.05, 0) is 32.7 Å². The number of carbonyl (C=O) groups excluding carboxylic acids is 2. The number of carbonyl (C=O) groups is 3. The summed E-state index contributed by atoms with van der Waals surface area (Å²) in [6.07, 6.45) is 11.3. The van der Waals surface area contributed by atoms with Gasteiger partial charge < -0.3 is 25.5 Å². The van der Waals surface area contributed by atoms with E-state index in [2.05, 4.69) is 11.9 Å². The number of nitrogens with two attached hydrogens (primary N) is 1. The summed E-state index contributed by atoms with van der Waals surface area (Å²) in [4.78, 5) is 37.8. The lowest BCUT2D eigenvalue weighted by atomic mass is 10.1. The fraction of sp³-hybridized carbons (Fsp3) is 0.731. The maximum Gasteiger partial charge on any atom is 0.336 e. The van der Waals surface area contributed by atoms with Crippen molar-refractivity contribution in [2.24, 2.45) is 5.73 Å². The number of unbranched alkanes of at least 4 members (excludes halogenated alkanes) is 6. The second-order valence-electron chi connectivity index (χ2n) is 9.78. The maximum atomic E-state index is 12.9. The van der Waals surface area contributed by atoms with E-state index in [-0.39, 0.29) is 17.4 Å². The summed E-state index contributed by atoms with van der Waals surface area (Å²) in [5, 5.41) is 11.8. The number of nitrogens with zero attached hydrogens (tertiary/aromatic N) is 2. The average molecular weight is 482 g/mol. The van der Waals surface area contributed by atoms with Crippen molar-refractivity contribution < 1.29 is 24.0 Å². The zero-order valence-corrected chi connectivity index (χ0v) is 22.0. The van der Waals surface area contributed by atoms with E-state index in [0.717, 1.165) is 51.6 Å². The van der Waals surface area contributed by atoms with E-state index >= 15 is 0 Å². The highest BCUT2D eigenvalue weighted by Gasteiger charge is 2.21. The highest BCUT2D eigenvalue weighted by atomic mass is 16.4. The molecule has 0 aromatic heterocycles. The molecule has 34 heavy (non-hydrogen) atoms. The summed E-state index contributed by atoms with van der Waals surface area (Å²) in [6.45, 7) is 10.4. The number of carboxylic acid groups (broad SMARTS) is 1. The minimum Gasteiger partial charge on any atom is -0.478 e. The van der Waals surface area contributed by atoms with Gasteiger partial charge in [-0.25, -0.2) is 4.79 Å². The van der Waals surface area contributed by atoms with Gasteiger partial charge in [-0.1, -0.05) is 45.6 Å². The highest BCUT2D eigenvalue weighted by Crippen LogP contribution is 2.10. The Hall–Kier alpha value is -2.19. The molecule has 4 N–H and O–H groups in total. The van der Waals surface area contributed by atoms with Gasteiger partial charge in [0.25, 0.3) is 5.91 Å². The molecule has 0 heterocycles. The third-order valence-electron chi connectivity index (χ3n) is 5.79. The van der Waals surface area contributed by atoms with Crippen LogP contribution in [0.3, 0.4) is 0 Å². The quantitative estimate of drug-likeness (QED) is 0.140. The molecule has 0 aliphatic rings. The van der Waals surface area contributed by atoms with Crippen molar-refractivity contribution in [1.29, 1.82) is 0 Å². The predicted octanol–water partition coefficient (Wildman–Crippen LogP) is 3.43. The first kappa shape index (κ1) is 31.8. The van der Waals surface area contributed by atoms with Gasteiger partial charge in [0.1, 0.15) is 6.54 Å². The normalized spacial score (nSPS) is 11.9. The Labute approximate surface area is 206 Å². The lowest BCUT2D eigenvalue weighted by molar-refractivity contribution is -0.885. The molecule has 0 spiro atoms. The van der Waals surface area contributed by atoms with Crippen molar-refractivity contribution >= 4 is 17.8 Å². The predicted molar refractivity (Wildman–Crippen MR) is 138 cm³/mol. The molecule has 0 rings (SSSR count). The molecule has 0 saturated heterocycles. The molecule has 0 aliphatic heterocycles. The second-order valence-corrected chi connectivity index (χ2v) is 9.78. The zero-order valence-electron chi connectivity index (χ0n) is 22.0. The van der Waals surface area contributed by atoms with Crippen molar-refractivity contribution in [1.82, 2.24) is 10.2 Å². The summed E-state index contributed by atoms with van der Waals surface area (Å²) in [5.74, 6) is -1.12. The lowest BCUT2D eigenvalue weighted by Crippen LogP contribution is -2.44. The summed E-state index contributed by atoms with van der Waals surface area (Å²) < 4.78 is 0.498. The van der Waals surface area contributed by atoms with Gasteiger partial charge in [0.2, 0.25) is 5.91 Å². The number of nitrogens with one attached hydrogen (secondary N) is 1. The van der Waals surface area contributed by atoms with Crippen LogP contribution in [0.25, 0.3) is 0 Å². The van der Waals surface area contributed by atoms with Crippen LogP contribution >= 0.6 is 0 Å². The Bertz CT molecular complexity index is 674. The molecule has 0 saturated carbocycles. The number of hydrogen-bond donors (Lipinski definition) is 3. The Kier molecular flexibility index (Phi) is 17.0. The molecule has 2 amide bonds. The number of likely N-dealkylation sites (N-methyl/N-ethyl adjacent to an activating group) is 1. The third kappa shape index (κ3) is 15.6. The summed E-state index contributed by atoms with van der Waals surface area (Å²) in [7, 11) is 3.92. The monoisotopic (exact) mass is 481 g/mol. The van der Waals surface area contributed by atoms with Gasteiger partial charge in [0.05, 0.1) is 26.2 Å². The van der Waals surface area contributed by atoms with Crippen molar-refractivity contribution in [3.05, 3.63) is 23.9 Å². The van der Waals surface area contributed by atoms with Gasteiger partial charge in [0, 0.05) is 37.7 Å². The van der Waals surface area contributed by atoms with E-state index in [1.807, 2.05) is 21.0 Å². The molecule has 0 radical (unpaired) electrons. The maximum absolute atomic E-state index is 12.9. The van der Waals surface area contributed by atoms with Crippen LogP contribution in [0.5, 0.6) is 0 Å². The lowest BCUT2D eigenvalue weighted by Gasteiger charge is -2.31. The molecule has 0 atom stereocenters. The fourth-order valence-electron chi connectivity index (χ4n) is 3.82. The van der Waals surface area contributed by atoms with Gasteiger partial charge >= 0.3 is 5.97 Å². The van der Waals surface area contributed by atoms with Crippen molar-refractivity contribution in [3.8, 4) is 0 Å². The molecule has 0 unspecified atom stereocenters. The molecule has 0 aliphatic carbocycles. The minimum atomic E-state index is -0.977. The summed E-state index contributed by atoms with van der Waals surface area (Å²) in [6, 6.07) is 0. The molecule has 0 aromatic rings. The van der Waals surface area contributed by atoms with E-state index in [1.165, 1.54) is 25.5 Å². The molecule has 8 nitrogen and oxygen atoms in total. The van der Waals surface area contributed by atoms with Crippen molar-refractivity contribution in [2.75, 3.05) is 46.8 Å². The number of amides is 2. The standard InChI is InChI=1S/C26H48N4O4/c1-6-17-29(18-14-19-30(4,5)21-23(3)26(33)34)25(32)22(2)20-28-24(31)15-12-10-8-7-9-11-13-16-27/h20H,3,6-19,21,27H2,1-2,4-5H3,(H-,28,31,32,33,34)/p+1. The topological polar surface area (TPSA) is 113 Å². The van der Waals surface area contributed by atoms with Gasteiger partial charge in [-0.3, -0.25) is 9.59 Å². The minimum absolute atomic E-state index is 0.0602. The van der Waals surface area contributed by atoms with Crippen molar-refractivity contribution in [3.63, 3.8) is 0 Å². The smallest absolute Gasteiger partial charge is 0.336 e. The number of rotatable bonds is 20. The van der Waals surface area contributed by atoms with Crippen LogP contribution < -0.4 is 11.1 Å². The first-order valence-corrected chi connectivity index (χ1v) is 12.7. The number of hydrogen-bond acceptors (Lipinski definition) is 4. The van der Waals surface area contributed by atoms with Gasteiger partial charge in [-0.2, -0.15) is 0 Å². The molecular weight excluding hydrogens is 432 g/mol. The van der Waals surface area contributed by atoms with Crippen LogP contribution in [0.15, 0.2) is 23.9 Å². The number of aliphatic carboxylic acids is 1. The van der Waals surface area contributed by atoms with E-state index < -0.39 is 5.97 Å². The Balaban J connectivity index is 4.44. The van der Waals surface area contributed by atoms with Gasteiger partial charge in [-0.15, -0.1) is 0 Å². The van der Waals surface area contributed by atoms with Gasteiger partial charge in [0.15, 0.2) is 0 Å². The van der Waals surface area contributed by atoms with Crippen LogP contribution in [0.2, 0.25) is 0 Å². The van der Waals surface area contributed by atoms with Crippen LogP contribution in [-0.2, 0) is 14.4 Å². The molecular formula is C26H49N4O4+. The molecule has 8 heteroatoms. The molecule has 0 bridgehead atoms. The zero-order chi connectivity index (χ0) is 26.0. The van der Waals surface area contributed by atoms with E-state index in [9.17, 15) is 14.4 Å². The van der Waals surface area contributed by atoms with E-state index in [4.69, 9.17) is 10.8 Å². The number of quaternary nitrogens is 1. The van der Waals surface area contributed by atoms with Crippen LogP contribution in [-0.4, -0.2) is 79.1 Å². The van der Waals surface area contributed by atoms with Crippen LogP contribution in [0.1, 0.15) is 78.1 Å². The molecule has 0 aromatic carbocycles. The van der Waals surface area contributed by atoms with Crippen LogP contribution in [0.4, 0.5) is 0 Å². The Morgan fingerprint density at radius 2 is 1.59 bits per heavy atom. The summed E-state index contributed by atoms with van der Waals surface area (Å²) >= 11 is 0. The highest BCUT2D eigenvalue weighted by molar-refractivity contribution is 5.93. The van der Waals surface area contributed by atoms with Crippen LogP contribution in [0, 0.1) is 0 Å². The second kappa shape index (κ2) is 18.2. The molecule has 0 fully saturated rings.